The van der Waals surface area contributed by atoms with Gasteiger partial charge in [-0.15, -0.1) is 0 Å². The van der Waals surface area contributed by atoms with Crippen LogP contribution < -0.4 is 20.9 Å². The number of halogens is 2. The first kappa shape index (κ1) is 21.5. The molecule has 5 rings (SSSR count). The van der Waals surface area contributed by atoms with Crippen molar-refractivity contribution in [1.29, 1.82) is 0 Å². The molecule has 2 atom stereocenters. The zero-order chi connectivity index (χ0) is 22.1. The van der Waals surface area contributed by atoms with Crippen molar-refractivity contribution in [3.05, 3.63) is 30.0 Å². The van der Waals surface area contributed by atoms with E-state index in [-0.39, 0.29) is 24.6 Å². The van der Waals surface area contributed by atoms with Gasteiger partial charge in [-0.2, -0.15) is 4.98 Å². The topological polar surface area (TPSA) is 94.6 Å². The van der Waals surface area contributed by atoms with Crippen molar-refractivity contribution in [2.24, 2.45) is 0 Å². The van der Waals surface area contributed by atoms with E-state index in [1.165, 1.54) is 6.08 Å². The maximum absolute atomic E-state index is 14.4. The number of aliphatic hydroxyl groups is 1. The van der Waals surface area contributed by atoms with Gasteiger partial charge < -0.3 is 25.4 Å². The fraction of sp³-hybridized carbons (Fsp3) is 0.636. The molecule has 0 radical (unpaired) electrons. The monoisotopic (exact) mass is 448 g/mol. The smallest absolute Gasteiger partial charge is 0.224 e. The molecule has 1 saturated heterocycles. The maximum Gasteiger partial charge on any atom is 0.224 e. The van der Waals surface area contributed by atoms with Gasteiger partial charge in [-0.05, 0) is 51.0 Å². The number of hydrogen-bond acceptors (Lipinski definition) is 8. The highest BCUT2D eigenvalue weighted by Gasteiger charge is 2.39. The SMILES string of the molecule is OC1CCC(N2c3nc(NC4CCOCC4)ncc3NC2N[C@@H]2CC=C(F)C=C2F)CC1. The minimum absolute atomic E-state index is 0.137. The number of rotatable bonds is 5. The minimum Gasteiger partial charge on any atom is -0.393 e. The summed E-state index contributed by atoms with van der Waals surface area (Å²) < 4.78 is 33.3. The molecule has 1 saturated carbocycles. The lowest BCUT2D eigenvalue weighted by Crippen LogP contribution is -2.56. The molecule has 2 aliphatic heterocycles. The zero-order valence-corrected chi connectivity index (χ0v) is 17.9. The van der Waals surface area contributed by atoms with E-state index >= 15 is 0 Å². The third-order valence-electron chi connectivity index (χ3n) is 6.71. The predicted molar refractivity (Wildman–Crippen MR) is 118 cm³/mol. The summed E-state index contributed by atoms with van der Waals surface area (Å²) in [7, 11) is 0. The lowest BCUT2D eigenvalue weighted by Gasteiger charge is -2.39. The Bertz CT molecular complexity index is 883. The van der Waals surface area contributed by atoms with Crippen LogP contribution in [0.4, 0.5) is 26.2 Å². The van der Waals surface area contributed by atoms with Crippen molar-refractivity contribution in [2.45, 2.75) is 75.5 Å². The molecule has 4 N–H and O–H groups in total. The summed E-state index contributed by atoms with van der Waals surface area (Å²) in [5.74, 6) is 0.258. The first-order chi connectivity index (χ1) is 15.6. The average molecular weight is 449 g/mol. The zero-order valence-electron chi connectivity index (χ0n) is 17.9. The molecule has 3 heterocycles. The van der Waals surface area contributed by atoms with Gasteiger partial charge in [0, 0.05) is 31.4 Å². The Balaban J connectivity index is 1.37. The third-order valence-corrected chi connectivity index (χ3v) is 6.71. The first-order valence-electron chi connectivity index (χ1n) is 11.5. The Morgan fingerprint density at radius 1 is 1.12 bits per heavy atom. The van der Waals surface area contributed by atoms with Crippen molar-refractivity contribution < 1.29 is 18.6 Å². The summed E-state index contributed by atoms with van der Waals surface area (Å²) in [5, 5.41) is 20.1. The number of anilines is 3. The van der Waals surface area contributed by atoms with Crippen LogP contribution in [0.25, 0.3) is 0 Å². The second kappa shape index (κ2) is 9.29. The van der Waals surface area contributed by atoms with Gasteiger partial charge in [0.2, 0.25) is 5.95 Å². The average Bonchev–Trinajstić information content (AvgIpc) is 3.14. The van der Waals surface area contributed by atoms with E-state index in [9.17, 15) is 13.9 Å². The molecule has 32 heavy (non-hydrogen) atoms. The minimum atomic E-state index is -0.620. The molecule has 10 heteroatoms. The van der Waals surface area contributed by atoms with Crippen molar-refractivity contribution in [1.82, 2.24) is 15.3 Å². The van der Waals surface area contributed by atoms with Crippen LogP contribution in [-0.2, 0) is 4.74 Å². The molecule has 0 spiro atoms. The second-order valence-electron chi connectivity index (χ2n) is 8.95. The standard InChI is InChI=1S/C22H30F2N6O2/c23-13-1-6-18(17(24)11-13)27-22-28-19-12-25-21(26-14-7-9-32-10-8-14)29-20(19)30(22)15-2-4-16(31)5-3-15/h1,11-12,14-16,18,22,27-28,31H,2-10H2,(H,25,26,29)/t15?,16?,18-,22?/m1/s1. The fourth-order valence-electron chi connectivity index (χ4n) is 4.92. The Morgan fingerprint density at radius 2 is 1.91 bits per heavy atom. The van der Waals surface area contributed by atoms with Crippen molar-refractivity contribution in [2.75, 3.05) is 28.7 Å². The highest BCUT2D eigenvalue weighted by molar-refractivity contribution is 5.73. The number of nitrogens with zero attached hydrogens (tertiary/aromatic N) is 3. The quantitative estimate of drug-likeness (QED) is 0.546. The van der Waals surface area contributed by atoms with E-state index in [2.05, 4.69) is 25.8 Å². The number of nitrogens with one attached hydrogen (secondary N) is 3. The highest BCUT2D eigenvalue weighted by atomic mass is 19.1. The molecule has 8 nitrogen and oxygen atoms in total. The predicted octanol–water partition coefficient (Wildman–Crippen LogP) is 2.96. The van der Waals surface area contributed by atoms with Gasteiger partial charge >= 0.3 is 0 Å². The number of aliphatic hydroxyl groups excluding tert-OH is 1. The molecular formula is C22H30F2N6O2. The second-order valence-corrected chi connectivity index (χ2v) is 8.95. The summed E-state index contributed by atoms with van der Waals surface area (Å²) in [6.07, 6.45) is 8.49. The summed E-state index contributed by atoms with van der Waals surface area (Å²) in [4.78, 5) is 11.4. The number of hydrogen-bond donors (Lipinski definition) is 4. The molecule has 4 aliphatic rings. The van der Waals surface area contributed by atoms with Crippen LogP contribution in [0.1, 0.15) is 44.9 Å². The molecule has 0 aromatic carbocycles. The van der Waals surface area contributed by atoms with E-state index in [0.29, 0.717) is 18.8 Å². The molecule has 0 bridgehead atoms. The number of fused-ring (bicyclic) bond motifs is 1. The largest absolute Gasteiger partial charge is 0.393 e. The molecular weight excluding hydrogens is 418 g/mol. The van der Waals surface area contributed by atoms with Gasteiger partial charge in [-0.25, -0.2) is 13.8 Å². The molecule has 1 aromatic rings. The Kier molecular flexibility index (Phi) is 6.25. The molecule has 2 fully saturated rings. The number of allylic oxidation sites excluding steroid dienone is 2. The third kappa shape index (κ3) is 4.57. The van der Waals surface area contributed by atoms with Crippen molar-refractivity contribution >= 4 is 17.5 Å². The summed E-state index contributed by atoms with van der Waals surface area (Å²) in [6, 6.07) is -0.212. The van der Waals surface area contributed by atoms with Crippen LogP contribution in [0.15, 0.2) is 30.0 Å². The van der Waals surface area contributed by atoms with Crippen LogP contribution in [0.5, 0.6) is 0 Å². The van der Waals surface area contributed by atoms with Crippen molar-refractivity contribution in [3.8, 4) is 0 Å². The van der Waals surface area contributed by atoms with Crippen LogP contribution >= 0.6 is 0 Å². The normalized spacial score (nSPS) is 30.9. The van der Waals surface area contributed by atoms with Gasteiger partial charge in [0.1, 0.15) is 11.7 Å². The summed E-state index contributed by atoms with van der Waals surface area (Å²) in [5.41, 5.74) is 0.771. The molecule has 2 aliphatic carbocycles. The van der Waals surface area contributed by atoms with Gasteiger partial charge in [0.05, 0.1) is 24.0 Å². The first-order valence-corrected chi connectivity index (χ1v) is 11.5. The Morgan fingerprint density at radius 3 is 2.66 bits per heavy atom. The summed E-state index contributed by atoms with van der Waals surface area (Å²) >= 11 is 0. The van der Waals surface area contributed by atoms with E-state index < -0.39 is 24.0 Å². The Hall–Kier alpha value is -2.30. The molecule has 0 amide bonds. The van der Waals surface area contributed by atoms with E-state index in [1.807, 2.05) is 0 Å². The van der Waals surface area contributed by atoms with Gasteiger partial charge in [-0.3, -0.25) is 5.32 Å². The molecule has 1 unspecified atom stereocenters. The van der Waals surface area contributed by atoms with Crippen LogP contribution in [0.2, 0.25) is 0 Å². The number of aromatic nitrogens is 2. The summed E-state index contributed by atoms with van der Waals surface area (Å²) in [6.45, 7) is 1.45. The maximum atomic E-state index is 14.4. The lowest BCUT2D eigenvalue weighted by molar-refractivity contribution is 0.0903. The van der Waals surface area contributed by atoms with E-state index in [0.717, 1.165) is 56.5 Å². The molecule has 1 aromatic heterocycles. The van der Waals surface area contributed by atoms with Gasteiger partial charge in [-0.1, -0.05) is 0 Å². The fourth-order valence-corrected chi connectivity index (χ4v) is 4.92. The lowest BCUT2D eigenvalue weighted by atomic mass is 9.92. The van der Waals surface area contributed by atoms with Crippen LogP contribution in [0.3, 0.4) is 0 Å². The van der Waals surface area contributed by atoms with Gasteiger partial charge in [0.15, 0.2) is 12.1 Å². The van der Waals surface area contributed by atoms with Crippen molar-refractivity contribution in [3.63, 3.8) is 0 Å². The Labute approximate surface area is 186 Å². The van der Waals surface area contributed by atoms with Crippen LogP contribution in [-0.4, -0.2) is 58.8 Å². The highest BCUT2D eigenvalue weighted by Crippen LogP contribution is 2.38. The van der Waals surface area contributed by atoms with Gasteiger partial charge in [0.25, 0.3) is 0 Å². The number of ether oxygens (including phenoxy) is 1. The van der Waals surface area contributed by atoms with E-state index in [4.69, 9.17) is 9.72 Å². The molecule has 174 valence electrons. The van der Waals surface area contributed by atoms with Crippen LogP contribution in [0, 0.1) is 0 Å². The van der Waals surface area contributed by atoms with E-state index in [1.54, 1.807) is 6.20 Å².